The van der Waals surface area contributed by atoms with Crippen LogP contribution in [0.1, 0.15) is 30.2 Å². The van der Waals surface area contributed by atoms with Gasteiger partial charge in [0.25, 0.3) is 0 Å². The molecular weight excluding hydrogens is 505 g/mol. The maximum absolute atomic E-state index is 11.8. The predicted octanol–water partition coefficient (Wildman–Crippen LogP) is 2.69. The van der Waals surface area contributed by atoms with Crippen LogP contribution in [0, 0.1) is 0 Å². The molecule has 0 amide bonds. The lowest BCUT2D eigenvalue weighted by Gasteiger charge is -2.29. The number of sulfone groups is 1. The van der Waals surface area contributed by atoms with E-state index in [9.17, 15) is 8.42 Å². The first-order valence-corrected chi connectivity index (χ1v) is 11.4. The van der Waals surface area contributed by atoms with Gasteiger partial charge >= 0.3 is 0 Å². The Kier molecular flexibility index (Phi) is 7.44. The molecule has 2 N–H and O–H groups in total. The number of rotatable bonds is 5. The van der Waals surface area contributed by atoms with Crippen LogP contribution < -0.4 is 15.4 Å². The van der Waals surface area contributed by atoms with E-state index in [4.69, 9.17) is 9.15 Å². The summed E-state index contributed by atoms with van der Waals surface area (Å²) in [5.74, 6) is 2.77. The first kappa shape index (κ1) is 21.9. The molecule has 0 bridgehead atoms. The molecule has 158 valence electrons. The van der Waals surface area contributed by atoms with Crippen LogP contribution in [0.5, 0.6) is 5.75 Å². The summed E-state index contributed by atoms with van der Waals surface area (Å²) >= 11 is 0. The number of aliphatic imine (C=N–C) groups is 1. The van der Waals surface area contributed by atoms with Gasteiger partial charge in [-0.05, 0) is 24.6 Å². The molecule has 2 aromatic rings. The molecule has 1 aromatic heterocycles. The van der Waals surface area contributed by atoms with Crippen molar-refractivity contribution in [3.63, 3.8) is 0 Å². The zero-order valence-corrected chi connectivity index (χ0v) is 19.2. The average Bonchev–Trinajstić information content (AvgIpc) is 3.31. The van der Waals surface area contributed by atoms with Crippen LogP contribution in [0.4, 0.5) is 0 Å². The van der Waals surface area contributed by atoms with E-state index in [2.05, 4.69) is 15.6 Å². The number of para-hydroxylation sites is 1. The van der Waals surface area contributed by atoms with Gasteiger partial charge in [0.1, 0.15) is 11.5 Å². The van der Waals surface area contributed by atoms with Gasteiger partial charge < -0.3 is 19.8 Å². The minimum atomic E-state index is -2.96. The minimum absolute atomic E-state index is 0. The predicted molar refractivity (Wildman–Crippen MR) is 123 cm³/mol. The summed E-state index contributed by atoms with van der Waals surface area (Å²) in [4.78, 5) is 4.68. The zero-order valence-electron chi connectivity index (χ0n) is 16.0. The van der Waals surface area contributed by atoms with Gasteiger partial charge in [-0.3, -0.25) is 4.99 Å². The molecule has 2 unspecified atom stereocenters. The van der Waals surface area contributed by atoms with Gasteiger partial charge in [-0.15, -0.1) is 24.0 Å². The number of furan rings is 1. The van der Waals surface area contributed by atoms with Gasteiger partial charge in [0.2, 0.25) is 0 Å². The van der Waals surface area contributed by atoms with Crippen molar-refractivity contribution >= 4 is 39.8 Å². The smallest absolute Gasteiger partial charge is 0.192 e. The van der Waals surface area contributed by atoms with Crippen molar-refractivity contribution in [2.24, 2.45) is 4.99 Å². The van der Waals surface area contributed by atoms with E-state index < -0.39 is 9.84 Å². The van der Waals surface area contributed by atoms with E-state index >= 15 is 0 Å². The largest absolute Gasteiger partial charge is 0.493 e. The molecule has 3 heterocycles. The van der Waals surface area contributed by atoms with Crippen LogP contribution in [0.25, 0.3) is 0 Å². The second kappa shape index (κ2) is 9.84. The first-order chi connectivity index (χ1) is 13.6. The molecule has 0 spiro atoms. The number of nitrogens with one attached hydrogen (secondary N) is 2. The molecule has 0 radical (unpaired) electrons. The van der Waals surface area contributed by atoms with E-state index in [1.54, 1.807) is 6.26 Å². The highest BCUT2D eigenvalue weighted by Crippen LogP contribution is 2.31. The number of ether oxygens (including phenoxy) is 1. The standard InChI is InChI=1S/C20H25N3O4S.HI/c24-28(25)13-9-15(14-28)22-20(21-10-7-16-4-3-11-26-16)23-18-8-12-27-19-6-2-1-5-17(18)19;/h1-6,11,15,18H,7-10,12-14H2,(H2,21,22,23);1H. The molecule has 2 aliphatic heterocycles. The zero-order chi connectivity index (χ0) is 19.4. The molecule has 1 aromatic carbocycles. The second-order valence-corrected chi connectivity index (χ2v) is 9.40. The molecule has 1 saturated heterocycles. The molecule has 9 heteroatoms. The SMILES string of the molecule is I.O=S1(=O)CCC(NC(=NCCc2ccco2)NC2CCOc3ccccc32)C1. The number of nitrogens with zero attached hydrogens (tertiary/aromatic N) is 1. The Hall–Kier alpha value is -1.75. The van der Waals surface area contributed by atoms with Gasteiger partial charge in [-0.1, -0.05) is 18.2 Å². The maximum Gasteiger partial charge on any atom is 0.192 e. The summed E-state index contributed by atoms with van der Waals surface area (Å²) in [6.07, 6.45) is 3.76. The van der Waals surface area contributed by atoms with Crippen molar-refractivity contribution < 1.29 is 17.6 Å². The van der Waals surface area contributed by atoms with Crippen LogP contribution in [0.15, 0.2) is 52.1 Å². The number of hydrogen-bond acceptors (Lipinski definition) is 5. The third-order valence-electron chi connectivity index (χ3n) is 5.05. The lowest BCUT2D eigenvalue weighted by molar-refractivity contribution is 0.261. The lowest BCUT2D eigenvalue weighted by atomic mass is 10.0. The third kappa shape index (κ3) is 5.88. The molecule has 0 aliphatic carbocycles. The quantitative estimate of drug-likeness (QED) is 0.350. The van der Waals surface area contributed by atoms with Gasteiger partial charge in [0.05, 0.1) is 30.4 Å². The second-order valence-electron chi connectivity index (χ2n) is 7.18. The summed E-state index contributed by atoms with van der Waals surface area (Å²) in [7, 11) is -2.96. The van der Waals surface area contributed by atoms with E-state index in [0.29, 0.717) is 32.0 Å². The molecular formula is C20H26IN3O4S. The highest BCUT2D eigenvalue weighted by Gasteiger charge is 2.29. The fourth-order valence-corrected chi connectivity index (χ4v) is 5.30. The van der Waals surface area contributed by atoms with Crippen LogP contribution >= 0.6 is 24.0 Å². The van der Waals surface area contributed by atoms with Crippen molar-refractivity contribution in [1.29, 1.82) is 0 Å². The molecule has 29 heavy (non-hydrogen) atoms. The van der Waals surface area contributed by atoms with E-state index in [0.717, 1.165) is 23.5 Å². The van der Waals surface area contributed by atoms with Gasteiger partial charge in [0.15, 0.2) is 15.8 Å². The Morgan fingerprint density at radius 3 is 2.76 bits per heavy atom. The maximum atomic E-state index is 11.8. The van der Waals surface area contributed by atoms with Gasteiger partial charge in [-0.25, -0.2) is 8.42 Å². The molecule has 7 nitrogen and oxygen atoms in total. The number of guanidine groups is 1. The van der Waals surface area contributed by atoms with Crippen LogP contribution in [-0.4, -0.2) is 45.1 Å². The average molecular weight is 531 g/mol. The Morgan fingerprint density at radius 1 is 1.14 bits per heavy atom. The fraction of sp³-hybridized carbons (Fsp3) is 0.450. The Labute approximate surface area is 188 Å². The summed E-state index contributed by atoms with van der Waals surface area (Å²) < 4.78 is 34.7. The molecule has 0 saturated carbocycles. The Bertz CT molecular complexity index is 931. The molecule has 2 atom stereocenters. The molecule has 1 fully saturated rings. The van der Waals surface area contributed by atoms with Crippen molar-refractivity contribution in [3.05, 3.63) is 54.0 Å². The summed E-state index contributed by atoms with van der Waals surface area (Å²) in [5.41, 5.74) is 1.09. The van der Waals surface area contributed by atoms with Crippen molar-refractivity contribution in [3.8, 4) is 5.75 Å². The van der Waals surface area contributed by atoms with Crippen LogP contribution in [0.3, 0.4) is 0 Å². The topological polar surface area (TPSA) is 92.9 Å². The van der Waals surface area contributed by atoms with Crippen molar-refractivity contribution in [2.45, 2.75) is 31.3 Å². The highest BCUT2D eigenvalue weighted by molar-refractivity contribution is 14.0. The van der Waals surface area contributed by atoms with Crippen molar-refractivity contribution in [1.82, 2.24) is 10.6 Å². The van der Waals surface area contributed by atoms with E-state index in [1.165, 1.54) is 0 Å². The number of hydrogen-bond donors (Lipinski definition) is 2. The lowest BCUT2D eigenvalue weighted by Crippen LogP contribution is -2.46. The van der Waals surface area contributed by atoms with Gasteiger partial charge in [-0.2, -0.15) is 0 Å². The summed E-state index contributed by atoms with van der Waals surface area (Å²) in [5, 5.41) is 6.80. The van der Waals surface area contributed by atoms with Crippen LogP contribution in [0.2, 0.25) is 0 Å². The fourth-order valence-electron chi connectivity index (χ4n) is 3.62. The minimum Gasteiger partial charge on any atom is -0.493 e. The molecule has 2 aliphatic rings. The molecule has 4 rings (SSSR count). The number of fused-ring (bicyclic) bond motifs is 1. The van der Waals surface area contributed by atoms with Crippen LogP contribution in [-0.2, 0) is 16.3 Å². The highest BCUT2D eigenvalue weighted by atomic mass is 127. The van der Waals surface area contributed by atoms with Crippen molar-refractivity contribution in [2.75, 3.05) is 24.7 Å². The summed E-state index contributed by atoms with van der Waals surface area (Å²) in [6.45, 7) is 1.18. The first-order valence-electron chi connectivity index (χ1n) is 9.61. The normalized spacial score (nSPS) is 22.8. The van der Waals surface area contributed by atoms with E-state index in [-0.39, 0.29) is 47.6 Å². The Balaban J connectivity index is 0.00000240. The third-order valence-corrected chi connectivity index (χ3v) is 6.82. The van der Waals surface area contributed by atoms with E-state index in [1.807, 2.05) is 36.4 Å². The monoisotopic (exact) mass is 531 g/mol. The van der Waals surface area contributed by atoms with Gasteiger partial charge in [0, 0.05) is 31.0 Å². The number of benzene rings is 1. The number of halogens is 1. The summed E-state index contributed by atoms with van der Waals surface area (Å²) in [6, 6.07) is 11.7. The Morgan fingerprint density at radius 2 is 2.00 bits per heavy atom.